The number of hydrogen-bond donors (Lipinski definition) is 1. The van der Waals surface area contributed by atoms with E-state index in [1.54, 1.807) is 17.9 Å². The third-order valence-electron chi connectivity index (χ3n) is 3.54. The number of likely N-dealkylation sites (tertiary alicyclic amines) is 1. The number of aryl methyl sites for hydroxylation is 1. The van der Waals surface area contributed by atoms with Gasteiger partial charge in [0.25, 0.3) is 0 Å². The van der Waals surface area contributed by atoms with Crippen LogP contribution in [0.2, 0.25) is 5.15 Å². The number of carbonyl (C=O) groups excluding carboxylic acids is 1. The lowest BCUT2D eigenvalue weighted by Crippen LogP contribution is -2.35. The van der Waals surface area contributed by atoms with Gasteiger partial charge in [-0.3, -0.25) is 4.79 Å². The van der Waals surface area contributed by atoms with Crippen LogP contribution in [0.15, 0.2) is 10.6 Å². The van der Waals surface area contributed by atoms with Crippen molar-refractivity contribution in [2.75, 3.05) is 13.1 Å². The Balaban J connectivity index is 1.86. The molecule has 1 aliphatic rings. The van der Waals surface area contributed by atoms with Crippen molar-refractivity contribution in [2.24, 2.45) is 5.92 Å². The number of β-amino-alcohol motifs (C(OH)–C–C–N with tert-alkyl or cyclic N) is 1. The minimum absolute atomic E-state index is 0.0205. The molecule has 0 unspecified atom stereocenters. The molecule has 1 fully saturated rings. The number of amides is 1. The molecule has 2 atom stereocenters. The first-order valence-corrected chi connectivity index (χ1v) is 6.37. The quantitative estimate of drug-likeness (QED) is 0.905. The number of carbonyl (C=O) groups is 1. The Labute approximate surface area is 111 Å². The Hall–Kier alpha value is -1.07. The van der Waals surface area contributed by atoms with Crippen molar-refractivity contribution in [1.82, 2.24) is 10.1 Å². The third-order valence-corrected chi connectivity index (χ3v) is 3.71. The van der Waals surface area contributed by atoms with Crippen LogP contribution < -0.4 is 0 Å². The molecule has 0 saturated carbocycles. The first kappa shape index (κ1) is 13.4. The van der Waals surface area contributed by atoms with Crippen molar-refractivity contribution < 1.29 is 14.4 Å². The summed E-state index contributed by atoms with van der Waals surface area (Å²) in [5.41, 5.74) is -0.787. The van der Waals surface area contributed by atoms with E-state index >= 15 is 0 Å². The molecule has 2 heterocycles. The average molecular weight is 273 g/mol. The lowest BCUT2D eigenvalue weighted by atomic mass is 9.95. The van der Waals surface area contributed by atoms with Gasteiger partial charge >= 0.3 is 0 Å². The first-order chi connectivity index (χ1) is 8.38. The van der Waals surface area contributed by atoms with E-state index < -0.39 is 5.60 Å². The van der Waals surface area contributed by atoms with Crippen molar-refractivity contribution >= 4 is 17.5 Å². The second-order valence-corrected chi connectivity index (χ2v) is 5.54. The fourth-order valence-corrected chi connectivity index (χ4v) is 2.27. The molecule has 0 aromatic carbocycles. The molecule has 0 bridgehead atoms. The Bertz CT molecular complexity index is 444. The van der Waals surface area contributed by atoms with Gasteiger partial charge in [-0.15, -0.1) is 0 Å². The zero-order chi connectivity index (χ0) is 13.3. The molecule has 1 aliphatic heterocycles. The van der Waals surface area contributed by atoms with E-state index in [-0.39, 0.29) is 11.8 Å². The fraction of sp³-hybridized carbons (Fsp3) is 0.667. The van der Waals surface area contributed by atoms with E-state index in [0.717, 1.165) is 0 Å². The largest absolute Gasteiger partial charge is 0.388 e. The maximum absolute atomic E-state index is 12.0. The summed E-state index contributed by atoms with van der Waals surface area (Å²) in [7, 11) is 0. The van der Waals surface area contributed by atoms with Crippen LogP contribution in [-0.4, -0.2) is 39.8 Å². The van der Waals surface area contributed by atoms with Crippen LogP contribution in [0.1, 0.15) is 26.0 Å². The lowest BCUT2D eigenvalue weighted by Gasteiger charge is -2.20. The second kappa shape index (κ2) is 4.90. The number of halogens is 1. The highest BCUT2D eigenvalue weighted by atomic mass is 35.5. The summed E-state index contributed by atoms with van der Waals surface area (Å²) in [6.07, 6.45) is 0.819. The van der Waals surface area contributed by atoms with Crippen molar-refractivity contribution in [3.63, 3.8) is 0 Å². The molecule has 0 radical (unpaired) electrons. The van der Waals surface area contributed by atoms with Crippen LogP contribution in [0.5, 0.6) is 0 Å². The summed E-state index contributed by atoms with van der Waals surface area (Å²) < 4.78 is 4.94. The molecule has 2 rings (SSSR count). The molecule has 1 saturated heterocycles. The number of rotatable bonds is 3. The Morgan fingerprint density at radius 2 is 2.50 bits per heavy atom. The van der Waals surface area contributed by atoms with Gasteiger partial charge in [-0.05, 0) is 6.92 Å². The van der Waals surface area contributed by atoms with Crippen LogP contribution in [0.4, 0.5) is 0 Å². The van der Waals surface area contributed by atoms with Gasteiger partial charge in [0.15, 0.2) is 5.15 Å². The van der Waals surface area contributed by atoms with E-state index in [0.29, 0.717) is 36.8 Å². The third kappa shape index (κ3) is 2.84. The maximum atomic E-state index is 12.0. The van der Waals surface area contributed by atoms with E-state index in [2.05, 4.69) is 5.16 Å². The summed E-state index contributed by atoms with van der Waals surface area (Å²) in [5.74, 6) is 0.723. The van der Waals surface area contributed by atoms with Gasteiger partial charge < -0.3 is 14.5 Å². The molecule has 6 heteroatoms. The van der Waals surface area contributed by atoms with Gasteiger partial charge in [0, 0.05) is 37.9 Å². The molecule has 0 spiro atoms. The molecule has 1 aromatic rings. The van der Waals surface area contributed by atoms with E-state index in [1.807, 2.05) is 6.92 Å². The molecule has 0 aliphatic carbocycles. The molecule has 5 nitrogen and oxygen atoms in total. The molecular weight excluding hydrogens is 256 g/mol. The topological polar surface area (TPSA) is 66.6 Å². The van der Waals surface area contributed by atoms with Gasteiger partial charge in [0.2, 0.25) is 5.91 Å². The molecule has 1 amide bonds. The standard InChI is InChI=1S/C12H17ClN2O3/c1-8-6-15(7-12(8,2)17)11(16)4-3-9-5-10(13)14-18-9/h5,8,17H,3-4,6-7H2,1-2H3/t8-,12+/m1/s1. The van der Waals surface area contributed by atoms with E-state index in [1.165, 1.54) is 0 Å². The van der Waals surface area contributed by atoms with E-state index in [9.17, 15) is 9.90 Å². The Morgan fingerprint density at radius 1 is 1.78 bits per heavy atom. The van der Waals surface area contributed by atoms with Crippen molar-refractivity contribution in [1.29, 1.82) is 0 Å². The molecule has 1 N–H and O–H groups in total. The Kier molecular flexibility index (Phi) is 3.64. The monoisotopic (exact) mass is 272 g/mol. The number of hydrogen-bond acceptors (Lipinski definition) is 4. The Morgan fingerprint density at radius 3 is 3.00 bits per heavy atom. The van der Waals surface area contributed by atoms with Crippen LogP contribution in [0.25, 0.3) is 0 Å². The van der Waals surface area contributed by atoms with Gasteiger partial charge in [0.05, 0.1) is 5.60 Å². The average Bonchev–Trinajstić information content (AvgIpc) is 2.81. The molecule has 18 heavy (non-hydrogen) atoms. The van der Waals surface area contributed by atoms with Crippen molar-refractivity contribution in [3.8, 4) is 0 Å². The predicted octanol–water partition coefficient (Wildman–Crippen LogP) is 1.49. The van der Waals surface area contributed by atoms with E-state index in [4.69, 9.17) is 16.1 Å². The first-order valence-electron chi connectivity index (χ1n) is 6.00. The summed E-state index contributed by atoms with van der Waals surface area (Å²) in [6.45, 7) is 4.71. The van der Waals surface area contributed by atoms with Crippen molar-refractivity contribution in [2.45, 2.75) is 32.3 Å². The highest BCUT2D eigenvalue weighted by molar-refractivity contribution is 6.29. The normalized spacial score (nSPS) is 27.8. The number of nitrogens with zero attached hydrogens (tertiary/aromatic N) is 2. The molecule has 1 aromatic heterocycles. The van der Waals surface area contributed by atoms with Gasteiger partial charge in [0.1, 0.15) is 5.76 Å². The number of aromatic nitrogens is 1. The summed E-state index contributed by atoms with van der Waals surface area (Å²) in [5, 5.41) is 13.9. The minimum Gasteiger partial charge on any atom is -0.388 e. The van der Waals surface area contributed by atoms with Crippen LogP contribution >= 0.6 is 11.6 Å². The fourth-order valence-electron chi connectivity index (χ4n) is 2.12. The zero-order valence-electron chi connectivity index (χ0n) is 10.5. The van der Waals surface area contributed by atoms with Crippen molar-refractivity contribution in [3.05, 3.63) is 17.0 Å². The SMILES string of the molecule is C[C@@H]1CN(C(=O)CCc2cc(Cl)no2)C[C@]1(C)O. The molecular formula is C12H17ClN2O3. The van der Waals surface area contributed by atoms with Gasteiger partial charge in [-0.2, -0.15) is 0 Å². The highest BCUT2D eigenvalue weighted by Gasteiger charge is 2.40. The predicted molar refractivity (Wildman–Crippen MR) is 66.2 cm³/mol. The minimum atomic E-state index is -0.787. The smallest absolute Gasteiger partial charge is 0.223 e. The summed E-state index contributed by atoms with van der Waals surface area (Å²) >= 11 is 5.63. The lowest BCUT2D eigenvalue weighted by molar-refractivity contribution is -0.131. The van der Waals surface area contributed by atoms with Crippen LogP contribution in [-0.2, 0) is 11.2 Å². The van der Waals surface area contributed by atoms with Crippen LogP contribution in [0, 0.1) is 5.92 Å². The van der Waals surface area contributed by atoms with Crippen LogP contribution in [0.3, 0.4) is 0 Å². The summed E-state index contributed by atoms with van der Waals surface area (Å²) in [6, 6.07) is 1.61. The number of aliphatic hydroxyl groups is 1. The second-order valence-electron chi connectivity index (χ2n) is 5.15. The molecule has 100 valence electrons. The maximum Gasteiger partial charge on any atom is 0.223 e. The highest BCUT2D eigenvalue weighted by Crippen LogP contribution is 2.27. The van der Waals surface area contributed by atoms with Gasteiger partial charge in [-0.1, -0.05) is 23.7 Å². The zero-order valence-corrected chi connectivity index (χ0v) is 11.3. The summed E-state index contributed by atoms with van der Waals surface area (Å²) in [4.78, 5) is 13.7. The van der Waals surface area contributed by atoms with Gasteiger partial charge in [-0.25, -0.2) is 0 Å².